The Morgan fingerprint density at radius 1 is 1.03 bits per heavy atom. The van der Waals surface area contributed by atoms with Gasteiger partial charge in [-0.15, -0.1) is 13.2 Å². The number of amides is 2. The van der Waals surface area contributed by atoms with Crippen molar-refractivity contribution in [1.82, 2.24) is 20.0 Å². The smallest absolute Gasteiger partial charge is 0.406 e. The number of carbonyl (C=O) groups excluding carboxylic acids is 2. The topological polar surface area (TPSA) is 65.1 Å². The molecule has 3 saturated heterocycles. The highest BCUT2D eigenvalue weighted by Gasteiger charge is 2.50. The minimum atomic E-state index is -4.73. The SMILES string of the molecule is CN(C1CCC(F)(F)CC1)[C@H]1C[C@H]2C(=O)NC3(CCN(Cc4ccc(OC(F)(F)F)cc4)CC3)CC(=O)N2C1. The second kappa shape index (κ2) is 10.5. The van der Waals surface area contributed by atoms with E-state index < -0.39 is 23.9 Å². The molecule has 4 fully saturated rings. The fourth-order valence-electron chi connectivity index (χ4n) is 6.64. The summed E-state index contributed by atoms with van der Waals surface area (Å²) in [5.74, 6) is -3.07. The highest BCUT2D eigenvalue weighted by Crippen LogP contribution is 2.38. The van der Waals surface area contributed by atoms with Crippen LogP contribution in [0.2, 0.25) is 0 Å². The number of hydrogen-bond donors (Lipinski definition) is 1. The van der Waals surface area contributed by atoms with Crippen molar-refractivity contribution >= 4 is 11.8 Å². The van der Waals surface area contributed by atoms with Crippen molar-refractivity contribution < 1.29 is 36.3 Å². The molecule has 5 rings (SSSR count). The molecule has 2 amide bonds. The number of nitrogens with one attached hydrogen (secondary N) is 1. The Balaban J connectivity index is 1.15. The number of likely N-dealkylation sites (tertiary alicyclic amines) is 1. The van der Waals surface area contributed by atoms with Crippen molar-refractivity contribution in [2.75, 3.05) is 26.7 Å². The number of nitrogens with zero attached hydrogens (tertiary/aromatic N) is 3. The standard InChI is InChI=1S/C27H35F5N4O3/c1-34(19-6-8-26(28,29)9-7-19)20-14-22-24(38)33-25(15-23(37)36(22)17-20)10-12-35(13-11-25)16-18-2-4-21(5-3-18)39-27(30,31)32/h2-5,19-20,22H,6-17H2,1H3,(H,33,38)/t20-,22-/m0/s1. The average Bonchev–Trinajstić information content (AvgIpc) is 3.28. The molecule has 39 heavy (non-hydrogen) atoms. The van der Waals surface area contributed by atoms with Gasteiger partial charge >= 0.3 is 6.36 Å². The quantitative estimate of drug-likeness (QED) is 0.556. The van der Waals surface area contributed by atoms with Gasteiger partial charge in [0.1, 0.15) is 11.8 Å². The summed E-state index contributed by atoms with van der Waals surface area (Å²) in [5.41, 5.74) is 0.231. The Morgan fingerprint density at radius 3 is 2.28 bits per heavy atom. The van der Waals surface area contributed by atoms with E-state index in [1.807, 2.05) is 7.05 Å². The minimum Gasteiger partial charge on any atom is -0.406 e. The molecule has 0 aromatic heterocycles. The normalized spacial score (nSPS) is 27.9. The molecule has 1 spiro atoms. The molecule has 7 nitrogen and oxygen atoms in total. The van der Waals surface area contributed by atoms with Crippen molar-refractivity contribution in [2.24, 2.45) is 0 Å². The molecule has 0 radical (unpaired) electrons. The summed E-state index contributed by atoms with van der Waals surface area (Å²) >= 11 is 0. The minimum absolute atomic E-state index is 0.0281. The molecule has 0 bridgehead atoms. The molecule has 3 aliphatic heterocycles. The van der Waals surface area contributed by atoms with Gasteiger partial charge in [0.25, 0.3) is 0 Å². The summed E-state index contributed by atoms with van der Waals surface area (Å²) in [6.07, 6.45) is -2.25. The molecule has 0 unspecified atom stereocenters. The van der Waals surface area contributed by atoms with Gasteiger partial charge in [-0.2, -0.15) is 0 Å². The van der Waals surface area contributed by atoms with Crippen LogP contribution in [0.3, 0.4) is 0 Å². The highest BCUT2D eigenvalue weighted by atomic mass is 19.4. The molecular weight excluding hydrogens is 523 g/mol. The monoisotopic (exact) mass is 558 g/mol. The summed E-state index contributed by atoms with van der Waals surface area (Å²) in [4.78, 5) is 32.6. The maximum Gasteiger partial charge on any atom is 0.573 e. The molecule has 12 heteroatoms. The van der Waals surface area contributed by atoms with Crippen LogP contribution in [0.5, 0.6) is 5.75 Å². The number of ether oxygens (including phenoxy) is 1. The Labute approximate surface area is 224 Å². The Morgan fingerprint density at radius 2 is 1.67 bits per heavy atom. The molecule has 3 heterocycles. The lowest BCUT2D eigenvalue weighted by Crippen LogP contribution is -2.56. The molecular formula is C27H35F5N4O3. The largest absolute Gasteiger partial charge is 0.573 e. The third-order valence-electron chi connectivity index (χ3n) is 8.99. The number of benzene rings is 1. The van der Waals surface area contributed by atoms with E-state index in [0.29, 0.717) is 58.3 Å². The third-order valence-corrected chi connectivity index (χ3v) is 8.99. The number of halogens is 5. The fraction of sp³-hybridized carbons (Fsp3) is 0.704. The van der Waals surface area contributed by atoms with Crippen LogP contribution in [0.15, 0.2) is 24.3 Å². The summed E-state index contributed by atoms with van der Waals surface area (Å²) in [7, 11) is 1.92. The number of likely N-dealkylation sites (N-methyl/N-ethyl adjacent to an activating group) is 1. The molecule has 1 aliphatic carbocycles. The van der Waals surface area contributed by atoms with Gasteiger partial charge in [0.05, 0.1) is 12.0 Å². The highest BCUT2D eigenvalue weighted by molar-refractivity contribution is 5.92. The number of rotatable bonds is 5. The predicted molar refractivity (Wildman–Crippen MR) is 132 cm³/mol. The van der Waals surface area contributed by atoms with E-state index in [9.17, 15) is 31.5 Å². The number of hydrogen-bond acceptors (Lipinski definition) is 5. The molecule has 2 atom stereocenters. The van der Waals surface area contributed by atoms with Crippen LogP contribution in [-0.4, -0.2) is 89.1 Å². The van der Waals surface area contributed by atoms with Crippen LogP contribution in [0.1, 0.15) is 56.9 Å². The van der Waals surface area contributed by atoms with E-state index in [2.05, 4.69) is 19.9 Å². The van der Waals surface area contributed by atoms with Gasteiger partial charge < -0.3 is 15.0 Å². The van der Waals surface area contributed by atoms with Gasteiger partial charge in [-0.3, -0.25) is 19.4 Å². The number of carbonyl (C=O) groups is 2. The van der Waals surface area contributed by atoms with Crippen LogP contribution in [-0.2, 0) is 16.1 Å². The van der Waals surface area contributed by atoms with Crippen LogP contribution in [0.25, 0.3) is 0 Å². The average molecular weight is 559 g/mol. The van der Waals surface area contributed by atoms with Crippen molar-refractivity contribution in [3.05, 3.63) is 29.8 Å². The maximum atomic E-state index is 13.6. The van der Waals surface area contributed by atoms with Crippen LogP contribution >= 0.6 is 0 Å². The summed E-state index contributed by atoms with van der Waals surface area (Å²) in [6, 6.07) is 5.22. The van der Waals surface area contributed by atoms with E-state index in [4.69, 9.17) is 0 Å². The van der Waals surface area contributed by atoms with Crippen LogP contribution in [0.4, 0.5) is 22.0 Å². The van der Waals surface area contributed by atoms with Crippen molar-refractivity contribution in [2.45, 2.75) is 93.9 Å². The lowest BCUT2D eigenvalue weighted by atomic mass is 9.83. The van der Waals surface area contributed by atoms with Crippen molar-refractivity contribution in [3.63, 3.8) is 0 Å². The van der Waals surface area contributed by atoms with Gasteiger partial charge in [-0.05, 0) is 56.8 Å². The van der Waals surface area contributed by atoms with E-state index >= 15 is 0 Å². The second-order valence-electron chi connectivity index (χ2n) is 11.6. The van der Waals surface area contributed by atoms with Gasteiger partial charge in [0.15, 0.2) is 0 Å². The lowest BCUT2D eigenvalue weighted by molar-refractivity contribution is -0.274. The van der Waals surface area contributed by atoms with Gasteiger partial charge in [-0.1, -0.05) is 12.1 Å². The molecule has 1 aromatic carbocycles. The molecule has 4 aliphatic rings. The molecule has 216 valence electrons. The van der Waals surface area contributed by atoms with Crippen molar-refractivity contribution in [3.8, 4) is 5.75 Å². The molecule has 1 aromatic rings. The zero-order chi connectivity index (χ0) is 28.0. The first-order valence-corrected chi connectivity index (χ1v) is 13.6. The summed E-state index contributed by atoms with van der Waals surface area (Å²) in [5, 5.41) is 3.19. The van der Waals surface area contributed by atoms with Crippen molar-refractivity contribution in [1.29, 1.82) is 0 Å². The van der Waals surface area contributed by atoms with Gasteiger partial charge in [0.2, 0.25) is 17.7 Å². The van der Waals surface area contributed by atoms with Gasteiger partial charge in [-0.25, -0.2) is 8.78 Å². The fourth-order valence-corrected chi connectivity index (χ4v) is 6.64. The first kappa shape index (κ1) is 28.1. The van der Waals surface area contributed by atoms with Gasteiger partial charge in [0, 0.05) is 51.1 Å². The maximum absolute atomic E-state index is 13.6. The Hall–Kier alpha value is -2.47. The van der Waals surface area contributed by atoms with Crippen LogP contribution < -0.4 is 10.1 Å². The number of alkyl halides is 5. The number of fused-ring (bicyclic) bond motifs is 1. The zero-order valence-electron chi connectivity index (χ0n) is 22.0. The predicted octanol–water partition coefficient (Wildman–Crippen LogP) is 3.92. The van der Waals surface area contributed by atoms with E-state index in [1.54, 1.807) is 17.0 Å². The second-order valence-corrected chi connectivity index (χ2v) is 11.6. The first-order chi connectivity index (χ1) is 18.3. The third kappa shape index (κ3) is 6.48. The Kier molecular flexibility index (Phi) is 7.56. The lowest BCUT2D eigenvalue weighted by Gasteiger charge is -2.41. The van der Waals surface area contributed by atoms with E-state index in [0.717, 1.165) is 5.56 Å². The zero-order valence-corrected chi connectivity index (χ0v) is 22.0. The van der Waals surface area contributed by atoms with E-state index in [1.165, 1.54) is 12.1 Å². The molecule has 1 N–H and O–H groups in total. The van der Waals surface area contributed by atoms with Crippen LogP contribution in [0, 0.1) is 0 Å². The number of piperidine rings is 1. The first-order valence-electron chi connectivity index (χ1n) is 13.6. The van der Waals surface area contributed by atoms with E-state index in [-0.39, 0.29) is 48.9 Å². The summed E-state index contributed by atoms with van der Waals surface area (Å²) < 4.78 is 68.3. The summed E-state index contributed by atoms with van der Waals surface area (Å²) in [6.45, 7) is 2.24. The molecule has 1 saturated carbocycles. The Bertz CT molecular complexity index is 1020.